The Kier molecular flexibility index (Phi) is 2.99. The molecule has 1 aromatic rings. The van der Waals surface area contributed by atoms with E-state index in [-0.39, 0.29) is 5.75 Å². The van der Waals surface area contributed by atoms with E-state index in [0.717, 1.165) is 6.20 Å². The van der Waals surface area contributed by atoms with E-state index in [4.69, 9.17) is 5.26 Å². The minimum Gasteiger partial charge on any atom is -0.493 e. The second kappa shape index (κ2) is 4.04. The Morgan fingerprint density at radius 2 is 2.13 bits per heavy atom. The number of nitriles is 1. The molecule has 4 nitrogen and oxygen atoms in total. The maximum Gasteiger partial charge on any atom is 0.573 e. The zero-order valence-electron chi connectivity index (χ0n) is 7.50. The third kappa shape index (κ3) is 2.74. The highest BCUT2D eigenvalue weighted by Crippen LogP contribution is 2.33. The molecule has 0 saturated carbocycles. The van der Waals surface area contributed by atoms with Gasteiger partial charge < -0.3 is 9.47 Å². The normalized spacial score (nSPS) is 10.6. The summed E-state index contributed by atoms with van der Waals surface area (Å²) in [6.07, 6.45) is -3.73. The number of pyridine rings is 1. The third-order valence-corrected chi connectivity index (χ3v) is 1.41. The number of methoxy groups -OCH3 is 1. The number of aromatic nitrogens is 1. The molecule has 0 unspecified atom stereocenters. The largest absolute Gasteiger partial charge is 0.573 e. The summed E-state index contributed by atoms with van der Waals surface area (Å²) < 4.78 is 44.1. The Labute approximate surface area is 82.9 Å². The fourth-order valence-corrected chi connectivity index (χ4v) is 0.885. The van der Waals surface area contributed by atoms with E-state index in [1.807, 2.05) is 0 Å². The summed E-state index contributed by atoms with van der Waals surface area (Å²) in [4.78, 5) is 3.42. The van der Waals surface area contributed by atoms with Crippen molar-refractivity contribution in [3.05, 3.63) is 18.0 Å². The zero-order valence-corrected chi connectivity index (χ0v) is 7.50. The van der Waals surface area contributed by atoms with Gasteiger partial charge in [-0.1, -0.05) is 0 Å². The first kappa shape index (κ1) is 11.1. The van der Waals surface area contributed by atoms with Crippen LogP contribution in [0.15, 0.2) is 12.3 Å². The number of halogens is 3. The number of rotatable bonds is 2. The Balaban J connectivity index is 3.18. The number of hydrogen-bond acceptors (Lipinski definition) is 4. The third-order valence-electron chi connectivity index (χ3n) is 1.41. The van der Waals surface area contributed by atoms with E-state index in [0.29, 0.717) is 0 Å². The van der Waals surface area contributed by atoms with E-state index in [9.17, 15) is 13.2 Å². The van der Waals surface area contributed by atoms with E-state index < -0.39 is 17.8 Å². The lowest BCUT2D eigenvalue weighted by Gasteiger charge is -2.12. The van der Waals surface area contributed by atoms with E-state index >= 15 is 0 Å². The smallest absolute Gasteiger partial charge is 0.493 e. The van der Waals surface area contributed by atoms with Gasteiger partial charge in [-0.25, -0.2) is 4.98 Å². The summed E-state index contributed by atoms with van der Waals surface area (Å²) >= 11 is 0. The van der Waals surface area contributed by atoms with Gasteiger partial charge in [-0.15, -0.1) is 13.2 Å². The van der Waals surface area contributed by atoms with Crippen LogP contribution in [0.4, 0.5) is 13.2 Å². The van der Waals surface area contributed by atoms with Gasteiger partial charge in [0.15, 0.2) is 11.4 Å². The van der Waals surface area contributed by atoms with Crippen molar-refractivity contribution in [1.29, 1.82) is 5.26 Å². The summed E-state index contributed by atoms with van der Waals surface area (Å²) in [6, 6.07) is 2.65. The molecule has 15 heavy (non-hydrogen) atoms. The molecule has 1 aromatic heterocycles. The predicted octanol–water partition coefficient (Wildman–Crippen LogP) is 1.86. The first-order valence-electron chi connectivity index (χ1n) is 3.66. The Bertz CT molecular complexity index is 398. The first-order valence-corrected chi connectivity index (χ1v) is 3.66. The number of alkyl halides is 3. The standard InChI is InChI=1S/C8H5F3N2O2/c1-14-6-2-3-13-5(4-12)7(6)15-8(9,10)11/h2-3H,1H3. The van der Waals surface area contributed by atoms with E-state index in [2.05, 4.69) is 14.5 Å². The molecule has 0 aromatic carbocycles. The zero-order chi connectivity index (χ0) is 11.5. The summed E-state index contributed by atoms with van der Waals surface area (Å²) in [7, 11) is 1.17. The lowest BCUT2D eigenvalue weighted by atomic mass is 10.3. The summed E-state index contributed by atoms with van der Waals surface area (Å²) in [5.74, 6) is -0.922. The molecule has 0 aliphatic heterocycles. The molecule has 0 fully saturated rings. The quantitative estimate of drug-likeness (QED) is 0.760. The van der Waals surface area contributed by atoms with Crippen molar-refractivity contribution in [2.45, 2.75) is 6.36 Å². The van der Waals surface area contributed by atoms with E-state index in [1.165, 1.54) is 19.2 Å². The van der Waals surface area contributed by atoms with Crippen molar-refractivity contribution >= 4 is 0 Å². The molecule has 1 heterocycles. The van der Waals surface area contributed by atoms with Crippen LogP contribution in [-0.4, -0.2) is 18.5 Å². The average Bonchev–Trinajstić information content (AvgIpc) is 2.16. The van der Waals surface area contributed by atoms with Gasteiger partial charge in [0.1, 0.15) is 6.07 Å². The molecule has 80 valence electrons. The first-order chi connectivity index (χ1) is 6.98. The number of ether oxygens (including phenoxy) is 2. The van der Waals surface area contributed by atoms with Gasteiger partial charge in [0, 0.05) is 12.3 Å². The van der Waals surface area contributed by atoms with Crippen LogP contribution in [0, 0.1) is 11.3 Å². The lowest BCUT2D eigenvalue weighted by molar-refractivity contribution is -0.275. The van der Waals surface area contributed by atoms with Crippen molar-refractivity contribution in [2.24, 2.45) is 0 Å². The van der Waals surface area contributed by atoms with Gasteiger partial charge in [-0.2, -0.15) is 5.26 Å². The molecular formula is C8H5F3N2O2. The SMILES string of the molecule is COc1ccnc(C#N)c1OC(F)(F)F. The molecule has 1 rings (SSSR count). The Morgan fingerprint density at radius 1 is 1.47 bits per heavy atom. The Hall–Kier alpha value is -1.97. The second-order valence-electron chi connectivity index (χ2n) is 2.35. The summed E-state index contributed by atoms with van der Waals surface area (Å²) in [5.41, 5.74) is -0.480. The highest BCUT2D eigenvalue weighted by Gasteiger charge is 2.34. The summed E-state index contributed by atoms with van der Waals surface area (Å²) in [6.45, 7) is 0. The van der Waals surface area contributed by atoms with E-state index in [1.54, 1.807) is 0 Å². The molecule has 7 heteroatoms. The van der Waals surface area contributed by atoms with Crippen molar-refractivity contribution in [2.75, 3.05) is 7.11 Å². The van der Waals surface area contributed by atoms with Gasteiger partial charge >= 0.3 is 6.36 Å². The van der Waals surface area contributed by atoms with Crippen molar-refractivity contribution in [3.8, 4) is 17.6 Å². The minimum absolute atomic E-state index is 0.195. The molecule has 0 amide bonds. The van der Waals surface area contributed by atoms with Crippen molar-refractivity contribution in [3.63, 3.8) is 0 Å². The molecule has 0 aliphatic rings. The van der Waals surface area contributed by atoms with Gasteiger partial charge in [-0.05, 0) is 0 Å². The maximum atomic E-state index is 12.0. The molecule has 0 aliphatic carbocycles. The van der Waals surface area contributed by atoms with Gasteiger partial charge in [-0.3, -0.25) is 0 Å². The van der Waals surface area contributed by atoms with Crippen LogP contribution in [0.1, 0.15) is 5.69 Å². The predicted molar refractivity (Wildman–Crippen MR) is 42.2 cm³/mol. The van der Waals surface area contributed by atoms with Crippen LogP contribution in [-0.2, 0) is 0 Å². The van der Waals surface area contributed by atoms with Crippen LogP contribution in [0.25, 0.3) is 0 Å². The highest BCUT2D eigenvalue weighted by molar-refractivity contribution is 5.48. The minimum atomic E-state index is -4.89. The fourth-order valence-electron chi connectivity index (χ4n) is 0.885. The molecule has 0 bridgehead atoms. The molecule has 0 spiro atoms. The van der Waals surface area contributed by atoms with Crippen LogP contribution in [0.3, 0.4) is 0 Å². The van der Waals surface area contributed by atoms with Crippen LogP contribution in [0.5, 0.6) is 11.5 Å². The monoisotopic (exact) mass is 218 g/mol. The average molecular weight is 218 g/mol. The van der Waals surface area contributed by atoms with Gasteiger partial charge in [0.2, 0.25) is 5.75 Å². The topological polar surface area (TPSA) is 55.1 Å². The Morgan fingerprint density at radius 3 is 2.60 bits per heavy atom. The lowest BCUT2D eigenvalue weighted by Crippen LogP contribution is -2.18. The van der Waals surface area contributed by atoms with Crippen molar-refractivity contribution < 1.29 is 22.6 Å². The fraction of sp³-hybridized carbons (Fsp3) is 0.250. The highest BCUT2D eigenvalue weighted by atomic mass is 19.4. The van der Waals surface area contributed by atoms with Gasteiger partial charge in [0.05, 0.1) is 7.11 Å². The molecule has 0 radical (unpaired) electrons. The summed E-state index contributed by atoms with van der Waals surface area (Å²) in [5, 5.41) is 8.52. The van der Waals surface area contributed by atoms with Crippen LogP contribution in [0.2, 0.25) is 0 Å². The van der Waals surface area contributed by atoms with Crippen molar-refractivity contribution in [1.82, 2.24) is 4.98 Å². The molecular weight excluding hydrogens is 213 g/mol. The second-order valence-corrected chi connectivity index (χ2v) is 2.35. The van der Waals surface area contributed by atoms with Gasteiger partial charge in [0.25, 0.3) is 0 Å². The molecule has 0 saturated heterocycles. The van der Waals surface area contributed by atoms with Crippen LogP contribution < -0.4 is 9.47 Å². The molecule has 0 N–H and O–H groups in total. The van der Waals surface area contributed by atoms with Crippen LogP contribution >= 0.6 is 0 Å². The molecule has 0 atom stereocenters. The number of nitrogens with zero attached hydrogens (tertiary/aromatic N) is 2. The maximum absolute atomic E-state index is 12.0. The number of hydrogen-bond donors (Lipinski definition) is 0.